The minimum absolute atomic E-state index is 0.163. The van der Waals surface area contributed by atoms with Crippen LogP contribution in [-0.4, -0.2) is 24.0 Å². The van der Waals surface area contributed by atoms with Crippen LogP contribution in [0.2, 0.25) is 0 Å². The highest BCUT2D eigenvalue weighted by molar-refractivity contribution is 7.92. The third-order valence-electron chi connectivity index (χ3n) is 3.15. The first-order valence-corrected chi connectivity index (χ1v) is 8.43. The van der Waals surface area contributed by atoms with Gasteiger partial charge in [0.05, 0.1) is 12.3 Å². The number of carbonyl (C=O) groups is 1. The third-order valence-corrected chi connectivity index (χ3v) is 3.81. The van der Waals surface area contributed by atoms with Crippen LogP contribution in [0, 0.1) is 5.82 Å². The lowest BCUT2D eigenvalue weighted by Crippen LogP contribution is -2.26. The maximum absolute atomic E-state index is 13.4. The number of unbranched alkanes of at least 4 members (excludes halogenated alkanes) is 5. The highest BCUT2D eigenvalue weighted by atomic mass is 32.2. The molecule has 0 atom stereocenters. The van der Waals surface area contributed by atoms with Gasteiger partial charge < -0.3 is 5.32 Å². The number of halogens is 1. The first-order valence-electron chi connectivity index (χ1n) is 7.74. The van der Waals surface area contributed by atoms with Crippen LogP contribution in [0.5, 0.6) is 0 Å². The maximum atomic E-state index is 13.4. The van der Waals surface area contributed by atoms with Crippen LogP contribution in [0.3, 0.4) is 0 Å². The molecule has 4 nitrogen and oxygen atoms in total. The topological polar surface area (TPSA) is 41.6 Å². The predicted octanol–water partition coefficient (Wildman–Crippen LogP) is 5.23. The Hall–Kier alpha value is -1.27. The molecule has 0 heterocycles. The molecule has 0 saturated heterocycles. The van der Waals surface area contributed by atoms with E-state index >= 15 is 0 Å². The molecule has 0 radical (unpaired) electrons. The molecular formula is C16H25FN2O2S. The van der Waals surface area contributed by atoms with Gasteiger partial charge in [0.2, 0.25) is 0 Å². The van der Waals surface area contributed by atoms with E-state index in [2.05, 4.69) is 12.2 Å². The van der Waals surface area contributed by atoms with Crippen molar-refractivity contribution in [3.63, 3.8) is 0 Å². The monoisotopic (exact) mass is 328 g/mol. The summed E-state index contributed by atoms with van der Waals surface area (Å²) in [5.41, 5.74) is 0.163. The first-order chi connectivity index (χ1) is 10.6. The van der Waals surface area contributed by atoms with Gasteiger partial charge in [-0.2, -0.15) is 0 Å². The van der Waals surface area contributed by atoms with Crippen LogP contribution in [0.25, 0.3) is 0 Å². The minimum Gasteiger partial charge on any atom is -0.304 e. The highest BCUT2D eigenvalue weighted by Crippen LogP contribution is 2.16. The van der Waals surface area contributed by atoms with E-state index in [-0.39, 0.29) is 5.69 Å². The molecule has 1 N–H and O–H groups in total. The minimum atomic E-state index is -0.456. The molecule has 6 heteroatoms. The quantitative estimate of drug-likeness (QED) is 0.363. The van der Waals surface area contributed by atoms with E-state index in [1.165, 1.54) is 42.1 Å². The van der Waals surface area contributed by atoms with E-state index in [9.17, 15) is 9.18 Å². The Morgan fingerprint density at radius 3 is 2.64 bits per heavy atom. The van der Waals surface area contributed by atoms with E-state index in [1.807, 2.05) is 0 Å². The van der Waals surface area contributed by atoms with Gasteiger partial charge in [0, 0.05) is 7.05 Å². The van der Waals surface area contributed by atoms with Crippen molar-refractivity contribution in [3.8, 4) is 0 Å². The molecule has 0 aliphatic rings. The number of amides is 2. The predicted molar refractivity (Wildman–Crippen MR) is 90.1 cm³/mol. The molecule has 0 fully saturated rings. The Morgan fingerprint density at radius 2 is 1.91 bits per heavy atom. The summed E-state index contributed by atoms with van der Waals surface area (Å²) in [4.78, 5) is 11.9. The van der Waals surface area contributed by atoms with Crippen LogP contribution in [-0.2, 0) is 4.18 Å². The van der Waals surface area contributed by atoms with Gasteiger partial charge in [0.25, 0.3) is 0 Å². The second kappa shape index (κ2) is 11.3. The summed E-state index contributed by atoms with van der Waals surface area (Å²) in [6.45, 7) is 2.80. The number of hydrogen-bond acceptors (Lipinski definition) is 3. The van der Waals surface area contributed by atoms with Crippen molar-refractivity contribution in [1.29, 1.82) is 0 Å². The van der Waals surface area contributed by atoms with Gasteiger partial charge in [-0.1, -0.05) is 51.2 Å². The molecule has 0 spiro atoms. The van der Waals surface area contributed by atoms with Gasteiger partial charge in [-0.15, -0.1) is 0 Å². The largest absolute Gasteiger partial charge is 0.333 e. The molecule has 0 bridgehead atoms. The maximum Gasteiger partial charge on any atom is 0.333 e. The molecule has 1 rings (SSSR count). The van der Waals surface area contributed by atoms with Gasteiger partial charge in [0.1, 0.15) is 18.0 Å². The van der Waals surface area contributed by atoms with Crippen LogP contribution in [0.4, 0.5) is 14.9 Å². The van der Waals surface area contributed by atoms with Crippen molar-refractivity contribution in [2.24, 2.45) is 0 Å². The van der Waals surface area contributed by atoms with Gasteiger partial charge >= 0.3 is 6.03 Å². The van der Waals surface area contributed by atoms with Gasteiger partial charge in [0.15, 0.2) is 0 Å². The summed E-state index contributed by atoms with van der Waals surface area (Å²) in [5.74, 6) is -0.456. The standard InChI is InChI=1S/C16H25FN2O2S/c1-3-4-5-6-7-10-13-21-22-19(2)16(20)18-15-12-9-8-11-14(15)17/h8-9,11-12H,3-7,10,13H2,1-2H3,(H,18,20). The lowest BCUT2D eigenvalue weighted by atomic mass is 10.1. The van der Waals surface area contributed by atoms with Crippen molar-refractivity contribution < 1.29 is 13.4 Å². The summed E-state index contributed by atoms with van der Waals surface area (Å²) in [7, 11) is 1.59. The van der Waals surface area contributed by atoms with Crippen LogP contribution in [0.1, 0.15) is 45.4 Å². The van der Waals surface area contributed by atoms with Crippen molar-refractivity contribution in [2.75, 3.05) is 19.0 Å². The number of nitrogens with zero attached hydrogens (tertiary/aromatic N) is 1. The average Bonchev–Trinajstić information content (AvgIpc) is 2.52. The zero-order valence-corrected chi connectivity index (χ0v) is 14.1. The summed E-state index contributed by atoms with van der Waals surface area (Å²) < 4.78 is 20.1. The molecule has 0 aliphatic carbocycles. The Kier molecular flexibility index (Phi) is 9.66. The van der Waals surface area contributed by atoms with Gasteiger partial charge in [-0.25, -0.2) is 13.5 Å². The van der Waals surface area contributed by atoms with E-state index in [4.69, 9.17) is 4.18 Å². The van der Waals surface area contributed by atoms with Gasteiger partial charge in [-0.3, -0.25) is 4.18 Å². The lowest BCUT2D eigenvalue weighted by molar-refractivity contribution is 0.239. The smallest absolute Gasteiger partial charge is 0.304 e. The molecule has 1 aromatic carbocycles. The Bertz CT molecular complexity index is 446. The fraction of sp³-hybridized carbons (Fsp3) is 0.562. The van der Waals surface area contributed by atoms with E-state index in [0.717, 1.165) is 25.1 Å². The van der Waals surface area contributed by atoms with E-state index in [1.54, 1.807) is 19.2 Å². The van der Waals surface area contributed by atoms with Crippen molar-refractivity contribution in [1.82, 2.24) is 4.31 Å². The Morgan fingerprint density at radius 1 is 1.23 bits per heavy atom. The normalized spacial score (nSPS) is 10.5. The fourth-order valence-corrected chi connectivity index (χ4v) is 2.31. The van der Waals surface area contributed by atoms with Crippen LogP contribution >= 0.6 is 12.2 Å². The zero-order chi connectivity index (χ0) is 16.2. The fourth-order valence-electron chi connectivity index (χ4n) is 1.85. The zero-order valence-electron chi connectivity index (χ0n) is 13.3. The molecule has 0 unspecified atom stereocenters. The molecule has 0 aliphatic heterocycles. The summed E-state index contributed by atoms with van der Waals surface area (Å²) in [6, 6.07) is 5.65. The second-order valence-corrected chi connectivity index (χ2v) is 6.00. The lowest BCUT2D eigenvalue weighted by Gasteiger charge is -2.16. The number of rotatable bonds is 10. The van der Waals surface area contributed by atoms with Crippen molar-refractivity contribution >= 4 is 23.9 Å². The number of hydrogen-bond donors (Lipinski definition) is 1. The molecular weight excluding hydrogens is 303 g/mol. The van der Waals surface area contributed by atoms with E-state index < -0.39 is 11.8 Å². The molecule has 0 aromatic heterocycles. The van der Waals surface area contributed by atoms with Crippen LogP contribution in [0.15, 0.2) is 24.3 Å². The average molecular weight is 328 g/mol. The highest BCUT2D eigenvalue weighted by Gasteiger charge is 2.12. The molecule has 124 valence electrons. The van der Waals surface area contributed by atoms with Crippen LogP contribution < -0.4 is 5.32 Å². The number of benzene rings is 1. The number of anilines is 1. The SMILES string of the molecule is CCCCCCCCOSN(C)C(=O)Nc1ccccc1F. The summed E-state index contributed by atoms with van der Waals surface area (Å²) in [6.07, 6.45) is 7.16. The third kappa shape index (κ3) is 7.66. The summed E-state index contributed by atoms with van der Waals surface area (Å²) in [5, 5.41) is 2.50. The molecule has 2 amide bonds. The summed E-state index contributed by atoms with van der Waals surface area (Å²) >= 11 is 0.977. The van der Waals surface area contributed by atoms with Crippen molar-refractivity contribution in [2.45, 2.75) is 45.4 Å². The number of para-hydroxylation sites is 1. The first kappa shape index (κ1) is 18.8. The Balaban J connectivity index is 2.13. The van der Waals surface area contributed by atoms with Crippen molar-refractivity contribution in [3.05, 3.63) is 30.1 Å². The number of carbonyl (C=O) groups excluding carboxylic acids is 1. The number of nitrogens with one attached hydrogen (secondary N) is 1. The van der Waals surface area contributed by atoms with E-state index in [0.29, 0.717) is 6.61 Å². The molecule has 0 saturated carbocycles. The van der Waals surface area contributed by atoms with Gasteiger partial charge in [-0.05, 0) is 18.6 Å². The Labute approximate surface area is 136 Å². The molecule has 1 aromatic rings. The molecule has 22 heavy (non-hydrogen) atoms. The number of urea groups is 1. The second-order valence-electron chi connectivity index (χ2n) is 5.07.